The molecule has 37 heavy (non-hydrogen) atoms. The van der Waals surface area contributed by atoms with Crippen molar-refractivity contribution >= 4 is 28.9 Å². The molecule has 200 valence electrons. The zero-order valence-electron chi connectivity index (χ0n) is 21.8. The van der Waals surface area contributed by atoms with E-state index in [2.05, 4.69) is 35.3 Å². The lowest BCUT2D eigenvalue weighted by atomic mass is 10.1. The van der Waals surface area contributed by atoms with Crippen LogP contribution in [-0.4, -0.2) is 102 Å². The first kappa shape index (κ1) is 26.9. The molecule has 2 fully saturated rings. The quantitative estimate of drug-likeness (QED) is 0.256. The Balaban J connectivity index is 1.32. The zero-order valence-corrected chi connectivity index (χ0v) is 22.6. The second kappa shape index (κ2) is 13.4. The molecule has 11 heteroatoms. The first-order chi connectivity index (χ1) is 18.1. The van der Waals surface area contributed by atoms with Crippen LogP contribution in [0.15, 0.2) is 30.7 Å². The number of benzene rings is 1. The summed E-state index contributed by atoms with van der Waals surface area (Å²) >= 11 is 5.58. The molecule has 2 aliphatic heterocycles. The van der Waals surface area contributed by atoms with Crippen molar-refractivity contribution in [1.82, 2.24) is 30.0 Å². The van der Waals surface area contributed by atoms with E-state index in [9.17, 15) is 0 Å². The van der Waals surface area contributed by atoms with Crippen LogP contribution in [0.1, 0.15) is 30.5 Å². The molecule has 0 amide bonds. The summed E-state index contributed by atoms with van der Waals surface area (Å²) in [6, 6.07) is 3.85. The van der Waals surface area contributed by atoms with E-state index >= 15 is 0 Å². The van der Waals surface area contributed by atoms with Crippen LogP contribution in [0.3, 0.4) is 0 Å². The second-order valence-corrected chi connectivity index (χ2v) is 9.61. The Kier molecular flexibility index (Phi) is 9.72. The van der Waals surface area contributed by atoms with Crippen LogP contribution in [0.2, 0.25) is 0 Å². The first-order valence-electron chi connectivity index (χ1n) is 13.0. The summed E-state index contributed by atoms with van der Waals surface area (Å²) in [7, 11) is 3.52. The summed E-state index contributed by atoms with van der Waals surface area (Å²) in [6.07, 6.45) is 8.92. The highest BCUT2D eigenvalue weighted by atomic mass is 32.1. The van der Waals surface area contributed by atoms with Gasteiger partial charge in [0.1, 0.15) is 12.4 Å². The molecule has 0 atom stereocenters. The van der Waals surface area contributed by atoms with Gasteiger partial charge in [0, 0.05) is 69.5 Å². The molecule has 3 N–H and O–H groups in total. The van der Waals surface area contributed by atoms with Gasteiger partial charge in [0.25, 0.3) is 0 Å². The van der Waals surface area contributed by atoms with Crippen molar-refractivity contribution in [3.63, 3.8) is 0 Å². The molecular formula is C26H38N8O2S. The molecule has 0 saturated carbocycles. The minimum Gasteiger partial charge on any atom is -0.493 e. The monoisotopic (exact) mass is 526 g/mol. The number of nitrogens with zero attached hydrogens (tertiary/aromatic N) is 5. The molecule has 0 spiro atoms. The van der Waals surface area contributed by atoms with Crippen molar-refractivity contribution in [3.05, 3.63) is 42.0 Å². The van der Waals surface area contributed by atoms with E-state index in [-0.39, 0.29) is 0 Å². The molecule has 0 unspecified atom stereocenters. The number of rotatable bonds is 9. The van der Waals surface area contributed by atoms with Gasteiger partial charge < -0.3 is 29.9 Å². The molecule has 2 aromatic rings. The largest absolute Gasteiger partial charge is 0.493 e. The molecule has 3 heterocycles. The number of piperazine rings is 1. The molecule has 2 aliphatic rings. The van der Waals surface area contributed by atoms with Gasteiger partial charge in [-0.15, -0.1) is 0 Å². The maximum absolute atomic E-state index is 8.95. The molecule has 1 aromatic carbocycles. The van der Waals surface area contributed by atoms with E-state index in [1.807, 2.05) is 19.2 Å². The van der Waals surface area contributed by atoms with Crippen LogP contribution in [-0.2, 0) is 6.54 Å². The van der Waals surface area contributed by atoms with Crippen molar-refractivity contribution in [2.45, 2.75) is 25.8 Å². The van der Waals surface area contributed by atoms with E-state index < -0.39 is 0 Å². The third kappa shape index (κ3) is 7.20. The first-order valence-corrected chi connectivity index (χ1v) is 13.4. The minimum absolute atomic E-state index is 0.459. The smallest absolute Gasteiger partial charge is 0.169 e. The fourth-order valence-electron chi connectivity index (χ4n) is 4.71. The fraction of sp³-hybridized carbons (Fsp3) is 0.538. The van der Waals surface area contributed by atoms with Gasteiger partial charge in [-0.25, -0.2) is 0 Å². The van der Waals surface area contributed by atoms with Gasteiger partial charge in [-0.1, -0.05) is 6.42 Å². The predicted molar refractivity (Wildman–Crippen MR) is 150 cm³/mol. The Morgan fingerprint density at radius 2 is 1.78 bits per heavy atom. The normalized spacial score (nSPS) is 16.3. The van der Waals surface area contributed by atoms with Crippen LogP contribution in [0.25, 0.3) is 0 Å². The number of nitrogens with one attached hydrogen (secondary N) is 3. The third-order valence-electron chi connectivity index (χ3n) is 6.86. The summed E-state index contributed by atoms with van der Waals surface area (Å²) in [6.45, 7) is 7.23. The Hall–Kier alpha value is -3.18. The van der Waals surface area contributed by atoms with Crippen molar-refractivity contribution in [3.8, 4) is 11.5 Å². The maximum Gasteiger partial charge on any atom is 0.169 e. The van der Waals surface area contributed by atoms with Crippen LogP contribution >= 0.6 is 12.2 Å². The summed E-state index contributed by atoms with van der Waals surface area (Å²) in [4.78, 5) is 15.0. The van der Waals surface area contributed by atoms with Crippen molar-refractivity contribution < 1.29 is 9.47 Å². The van der Waals surface area contributed by atoms with Crippen LogP contribution in [0.4, 0.5) is 5.69 Å². The van der Waals surface area contributed by atoms with Gasteiger partial charge in [0.05, 0.1) is 25.5 Å². The van der Waals surface area contributed by atoms with Gasteiger partial charge in [-0.3, -0.25) is 20.3 Å². The fourth-order valence-corrected chi connectivity index (χ4v) is 4.96. The molecule has 2 saturated heterocycles. The van der Waals surface area contributed by atoms with Crippen molar-refractivity contribution in [1.29, 1.82) is 5.41 Å². The number of methoxy groups -OCH3 is 1. The number of hydrogen-bond acceptors (Lipinski definition) is 8. The number of thiocarbonyl (C=S) groups is 1. The van der Waals surface area contributed by atoms with Crippen LogP contribution in [0.5, 0.6) is 11.5 Å². The lowest BCUT2D eigenvalue weighted by molar-refractivity contribution is 0.180. The standard InChI is InChI=1S/C26H38N8O2S/c1-28-22-17-24(36-15-14-32-8-4-3-5-9-32)23(35-2)16-21(22)25(27)33-10-12-34(13-11-33)26(37)31-19-20-18-29-6-7-30-20/h6-7,16-18,27-28H,3-5,8-15,19H2,1-2H3,(H,31,37). The lowest BCUT2D eigenvalue weighted by Gasteiger charge is -2.37. The van der Waals surface area contributed by atoms with Gasteiger partial charge in [-0.2, -0.15) is 0 Å². The average molecular weight is 527 g/mol. The molecular weight excluding hydrogens is 488 g/mol. The topological polar surface area (TPSA) is 102 Å². The summed E-state index contributed by atoms with van der Waals surface area (Å²) < 4.78 is 11.8. The highest BCUT2D eigenvalue weighted by molar-refractivity contribution is 7.80. The van der Waals surface area contributed by atoms with Gasteiger partial charge in [0.15, 0.2) is 16.6 Å². The van der Waals surface area contributed by atoms with Crippen molar-refractivity contribution in [2.75, 3.05) is 71.9 Å². The number of likely N-dealkylation sites (tertiary alicyclic amines) is 1. The second-order valence-electron chi connectivity index (χ2n) is 9.23. The van der Waals surface area contributed by atoms with E-state index in [1.165, 1.54) is 19.3 Å². The van der Waals surface area contributed by atoms with Crippen molar-refractivity contribution in [2.24, 2.45) is 0 Å². The maximum atomic E-state index is 8.95. The van der Waals surface area contributed by atoms with E-state index in [4.69, 9.17) is 27.1 Å². The molecule has 0 aliphatic carbocycles. The number of piperidine rings is 1. The molecule has 4 rings (SSSR count). The molecule has 0 radical (unpaired) electrons. The number of ether oxygens (including phenoxy) is 2. The number of aromatic nitrogens is 2. The van der Waals surface area contributed by atoms with E-state index in [0.29, 0.717) is 48.7 Å². The van der Waals surface area contributed by atoms with Gasteiger partial charge in [0.2, 0.25) is 0 Å². The van der Waals surface area contributed by atoms with Gasteiger partial charge >= 0.3 is 0 Å². The third-order valence-corrected chi connectivity index (χ3v) is 7.27. The van der Waals surface area contributed by atoms with Gasteiger partial charge in [-0.05, 0) is 44.2 Å². The Morgan fingerprint density at radius 3 is 2.46 bits per heavy atom. The molecule has 0 bridgehead atoms. The Bertz CT molecular complexity index is 1040. The van der Waals surface area contributed by atoms with E-state index in [1.54, 1.807) is 25.7 Å². The Morgan fingerprint density at radius 1 is 1.03 bits per heavy atom. The highest BCUT2D eigenvalue weighted by Gasteiger charge is 2.24. The summed E-state index contributed by atoms with van der Waals surface area (Å²) in [5, 5.41) is 16.1. The summed E-state index contributed by atoms with van der Waals surface area (Å²) in [5.41, 5.74) is 2.49. The Labute approximate surface area is 224 Å². The van der Waals surface area contributed by atoms with Crippen LogP contribution in [0, 0.1) is 5.41 Å². The minimum atomic E-state index is 0.459. The predicted octanol–water partition coefficient (Wildman–Crippen LogP) is 2.41. The SMILES string of the molecule is CNc1cc(OCCN2CCCCC2)c(OC)cc1C(=N)N1CCN(C(=S)NCc2cnccn2)CC1. The van der Waals surface area contributed by atoms with Crippen LogP contribution < -0.4 is 20.1 Å². The number of hydrogen-bond donors (Lipinski definition) is 3. The average Bonchev–Trinajstić information content (AvgIpc) is 2.96. The zero-order chi connectivity index (χ0) is 26.0. The number of amidine groups is 1. The van der Waals surface area contributed by atoms with E-state index in [0.717, 1.165) is 49.7 Å². The molecule has 10 nitrogen and oxygen atoms in total. The number of anilines is 1. The highest BCUT2D eigenvalue weighted by Crippen LogP contribution is 2.34. The molecule has 1 aromatic heterocycles. The summed E-state index contributed by atoms with van der Waals surface area (Å²) in [5.74, 6) is 1.80. The lowest BCUT2D eigenvalue weighted by Crippen LogP contribution is -2.53.